The van der Waals surface area contributed by atoms with Crippen LogP contribution in [0, 0.1) is 11.8 Å². The monoisotopic (exact) mass is 280 g/mol. The summed E-state index contributed by atoms with van der Waals surface area (Å²) in [7, 11) is 0. The molecule has 3 fully saturated rings. The summed E-state index contributed by atoms with van der Waals surface area (Å²) in [5.41, 5.74) is 0. The zero-order valence-electron chi connectivity index (χ0n) is 13.0. The first-order chi connectivity index (χ1) is 9.79. The van der Waals surface area contributed by atoms with Crippen LogP contribution in [0.5, 0.6) is 0 Å². The molecule has 1 saturated carbocycles. The van der Waals surface area contributed by atoms with Gasteiger partial charge in [0, 0.05) is 26.2 Å². The van der Waals surface area contributed by atoms with Crippen LogP contribution in [-0.4, -0.2) is 60.3 Å². The topological polar surface area (TPSA) is 26.7 Å². The minimum absolute atomic E-state index is 0.0282. The van der Waals surface area contributed by atoms with Gasteiger partial charge in [-0.3, -0.25) is 0 Å². The van der Waals surface area contributed by atoms with Crippen LogP contribution in [0.3, 0.4) is 0 Å². The Balaban J connectivity index is 1.33. The summed E-state index contributed by atoms with van der Waals surface area (Å²) in [6.07, 6.45) is 10.6. The van der Waals surface area contributed by atoms with Gasteiger partial charge >= 0.3 is 0 Å². The molecular weight excluding hydrogens is 248 g/mol. The Morgan fingerprint density at radius 1 is 0.650 bits per heavy atom. The fourth-order valence-corrected chi connectivity index (χ4v) is 4.38. The normalized spacial score (nSPS) is 29.2. The number of aliphatic hydroxyl groups is 1. The van der Waals surface area contributed by atoms with Crippen LogP contribution in [-0.2, 0) is 0 Å². The minimum Gasteiger partial charge on any atom is -0.393 e. The van der Waals surface area contributed by atoms with Crippen molar-refractivity contribution in [1.29, 1.82) is 0 Å². The lowest BCUT2D eigenvalue weighted by atomic mass is 9.94. The third kappa shape index (κ3) is 4.19. The van der Waals surface area contributed by atoms with Gasteiger partial charge in [0.15, 0.2) is 0 Å². The second-order valence-electron chi connectivity index (χ2n) is 7.43. The van der Waals surface area contributed by atoms with Gasteiger partial charge in [-0.2, -0.15) is 0 Å². The second-order valence-corrected chi connectivity index (χ2v) is 7.43. The average molecular weight is 280 g/mol. The minimum atomic E-state index is -0.0282. The summed E-state index contributed by atoms with van der Waals surface area (Å²) < 4.78 is 0. The van der Waals surface area contributed by atoms with E-state index in [0.29, 0.717) is 0 Å². The van der Waals surface area contributed by atoms with Crippen LogP contribution in [0.25, 0.3) is 0 Å². The molecule has 2 saturated heterocycles. The molecule has 2 heterocycles. The van der Waals surface area contributed by atoms with Crippen LogP contribution in [0.15, 0.2) is 0 Å². The fraction of sp³-hybridized carbons (Fsp3) is 1.00. The number of hydrogen-bond donors (Lipinski definition) is 1. The summed E-state index contributed by atoms with van der Waals surface area (Å²) >= 11 is 0. The predicted molar refractivity (Wildman–Crippen MR) is 82.8 cm³/mol. The highest BCUT2D eigenvalue weighted by molar-refractivity contribution is 4.80. The molecule has 0 unspecified atom stereocenters. The zero-order chi connectivity index (χ0) is 13.8. The molecule has 116 valence electrons. The quantitative estimate of drug-likeness (QED) is 0.856. The van der Waals surface area contributed by atoms with Crippen molar-refractivity contribution in [2.24, 2.45) is 11.8 Å². The van der Waals surface area contributed by atoms with Crippen molar-refractivity contribution in [3.05, 3.63) is 0 Å². The molecular formula is C17H32N2O. The number of piperidine rings is 2. The number of nitrogens with zero attached hydrogens (tertiary/aromatic N) is 2. The molecule has 0 aromatic rings. The van der Waals surface area contributed by atoms with Gasteiger partial charge in [0.05, 0.1) is 6.10 Å². The van der Waals surface area contributed by atoms with Crippen molar-refractivity contribution >= 4 is 0 Å². The number of rotatable bonds is 4. The van der Waals surface area contributed by atoms with E-state index in [1.807, 2.05) is 0 Å². The maximum atomic E-state index is 9.57. The molecule has 0 aromatic carbocycles. The highest BCUT2D eigenvalue weighted by Gasteiger charge is 2.25. The largest absolute Gasteiger partial charge is 0.393 e. The van der Waals surface area contributed by atoms with Crippen molar-refractivity contribution in [1.82, 2.24) is 9.80 Å². The van der Waals surface area contributed by atoms with Crippen molar-refractivity contribution in [2.75, 3.05) is 39.3 Å². The van der Waals surface area contributed by atoms with Gasteiger partial charge < -0.3 is 14.9 Å². The summed E-state index contributed by atoms with van der Waals surface area (Å²) in [4.78, 5) is 5.32. The smallest absolute Gasteiger partial charge is 0.0564 e. The van der Waals surface area contributed by atoms with E-state index in [0.717, 1.165) is 37.8 Å². The highest BCUT2D eigenvalue weighted by atomic mass is 16.3. The van der Waals surface area contributed by atoms with Crippen molar-refractivity contribution in [3.63, 3.8) is 0 Å². The Kier molecular flexibility index (Phi) is 5.36. The summed E-state index contributed by atoms with van der Waals surface area (Å²) in [5, 5.41) is 9.57. The second kappa shape index (κ2) is 7.24. The van der Waals surface area contributed by atoms with E-state index in [4.69, 9.17) is 0 Å². The molecule has 1 N–H and O–H groups in total. The van der Waals surface area contributed by atoms with Gasteiger partial charge in [-0.1, -0.05) is 12.8 Å². The van der Waals surface area contributed by atoms with Gasteiger partial charge in [0.25, 0.3) is 0 Å². The SMILES string of the molecule is OC1CCN(CC2CCN(CC3CCCC3)CC2)CC1. The van der Waals surface area contributed by atoms with E-state index < -0.39 is 0 Å². The number of hydrogen-bond acceptors (Lipinski definition) is 3. The molecule has 0 amide bonds. The van der Waals surface area contributed by atoms with E-state index >= 15 is 0 Å². The first kappa shape index (κ1) is 14.8. The first-order valence-electron chi connectivity index (χ1n) is 8.92. The van der Waals surface area contributed by atoms with Crippen LogP contribution in [0.1, 0.15) is 51.4 Å². The van der Waals surface area contributed by atoms with Gasteiger partial charge in [-0.15, -0.1) is 0 Å². The van der Waals surface area contributed by atoms with E-state index in [1.54, 1.807) is 0 Å². The average Bonchev–Trinajstić information content (AvgIpc) is 2.96. The third-order valence-corrected chi connectivity index (χ3v) is 5.77. The lowest BCUT2D eigenvalue weighted by Gasteiger charge is -2.37. The molecule has 3 aliphatic rings. The maximum absolute atomic E-state index is 9.57. The van der Waals surface area contributed by atoms with Crippen LogP contribution in [0.2, 0.25) is 0 Å². The van der Waals surface area contributed by atoms with Gasteiger partial charge in [0.1, 0.15) is 0 Å². The molecule has 3 nitrogen and oxygen atoms in total. The summed E-state index contributed by atoms with van der Waals surface area (Å²) in [6, 6.07) is 0. The predicted octanol–water partition coefficient (Wildman–Crippen LogP) is 2.35. The molecule has 0 bridgehead atoms. The summed E-state index contributed by atoms with van der Waals surface area (Å²) in [5.74, 6) is 1.92. The summed E-state index contributed by atoms with van der Waals surface area (Å²) in [6.45, 7) is 7.55. The Labute approximate surface area is 124 Å². The molecule has 3 rings (SSSR count). The molecule has 0 radical (unpaired) electrons. The van der Waals surface area contributed by atoms with Crippen LogP contribution in [0.4, 0.5) is 0 Å². The van der Waals surface area contributed by atoms with Crippen molar-refractivity contribution in [3.8, 4) is 0 Å². The lowest BCUT2D eigenvalue weighted by molar-refractivity contribution is 0.0637. The number of aliphatic hydroxyl groups excluding tert-OH is 1. The van der Waals surface area contributed by atoms with E-state index in [2.05, 4.69) is 9.80 Å². The number of likely N-dealkylation sites (tertiary alicyclic amines) is 2. The van der Waals surface area contributed by atoms with Crippen LogP contribution < -0.4 is 0 Å². The zero-order valence-corrected chi connectivity index (χ0v) is 13.0. The van der Waals surface area contributed by atoms with Crippen molar-refractivity contribution < 1.29 is 5.11 Å². The Morgan fingerprint density at radius 2 is 1.10 bits per heavy atom. The van der Waals surface area contributed by atoms with E-state index in [9.17, 15) is 5.11 Å². The van der Waals surface area contributed by atoms with E-state index in [-0.39, 0.29) is 6.10 Å². The fourth-order valence-electron chi connectivity index (χ4n) is 4.38. The third-order valence-electron chi connectivity index (χ3n) is 5.77. The molecule has 1 aliphatic carbocycles. The van der Waals surface area contributed by atoms with Gasteiger partial charge in [-0.05, 0) is 63.5 Å². The van der Waals surface area contributed by atoms with Gasteiger partial charge in [-0.25, -0.2) is 0 Å². The molecule has 0 atom stereocenters. The highest BCUT2D eigenvalue weighted by Crippen LogP contribution is 2.27. The first-order valence-corrected chi connectivity index (χ1v) is 8.92. The Hall–Kier alpha value is -0.120. The molecule has 3 heteroatoms. The van der Waals surface area contributed by atoms with E-state index in [1.165, 1.54) is 64.7 Å². The molecule has 20 heavy (non-hydrogen) atoms. The molecule has 0 aromatic heterocycles. The Bertz CT molecular complexity index is 275. The molecule has 2 aliphatic heterocycles. The molecule has 0 spiro atoms. The van der Waals surface area contributed by atoms with Gasteiger partial charge in [0.2, 0.25) is 0 Å². The van der Waals surface area contributed by atoms with Crippen molar-refractivity contribution in [2.45, 2.75) is 57.5 Å². The maximum Gasteiger partial charge on any atom is 0.0564 e. The standard InChI is InChI=1S/C17H32N2O/c20-17-7-11-19(12-8-17)14-16-5-9-18(10-6-16)13-15-3-1-2-4-15/h15-17,20H,1-14H2. The van der Waals surface area contributed by atoms with Crippen LogP contribution >= 0.6 is 0 Å². The Morgan fingerprint density at radius 3 is 1.65 bits per heavy atom. The lowest BCUT2D eigenvalue weighted by Crippen LogP contribution is -2.43.